The lowest BCUT2D eigenvalue weighted by atomic mass is 9.94. The minimum atomic E-state index is -4.78. The van der Waals surface area contributed by atoms with E-state index in [1.54, 1.807) is 0 Å². The Kier molecular flexibility index (Phi) is 4.03. The van der Waals surface area contributed by atoms with E-state index in [0.717, 1.165) is 12.1 Å². The van der Waals surface area contributed by atoms with Crippen LogP contribution in [0.25, 0.3) is 0 Å². The number of carboxylic acid groups (broad SMARTS) is 1. The standard InChI is InChI=1S/C10H13NO7S/c1-10(11,9(13)14)5-6-2-3-7(12)8(4-6)18-19(15,16)17/h2-4,12H,5,11H2,1H3,(H,13,14)(H,15,16,17). The largest absolute Gasteiger partial charge is 0.504 e. The van der Waals surface area contributed by atoms with E-state index in [0.29, 0.717) is 5.56 Å². The van der Waals surface area contributed by atoms with Crippen LogP contribution < -0.4 is 9.92 Å². The molecule has 1 aromatic rings. The summed E-state index contributed by atoms with van der Waals surface area (Å²) in [4.78, 5) is 10.9. The fourth-order valence-electron chi connectivity index (χ4n) is 1.35. The second kappa shape index (κ2) is 5.03. The minimum absolute atomic E-state index is 0.121. The fraction of sp³-hybridized carbons (Fsp3) is 0.300. The first-order valence-electron chi connectivity index (χ1n) is 5.02. The van der Waals surface area contributed by atoms with E-state index in [1.165, 1.54) is 13.0 Å². The van der Waals surface area contributed by atoms with Crippen LogP contribution in [0.2, 0.25) is 0 Å². The fourth-order valence-corrected chi connectivity index (χ4v) is 1.71. The molecule has 0 aliphatic rings. The second-order valence-electron chi connectivity index (χ2n) is 4.21. The van der Waals surface area contributed by atoms with Gasteiger partial charge in [-0.15, -0.1) is 0 Å². The smallest absolute Gasteiger partial charge is 0.446 e. The number of nitrogens with two attached hydrogens (primary N) is 1. The van der Waals surface area contributed by atoms with E-state index in [2.05, 4.69) is 4.18 Å². The zero-order valence-corrected chi connectivity index (χ0v) is 10.7. The number of benzene rings is 1. The first kappa shape index (κ1) is 15.2. The van der Waals surface area contributed by atoms with Crippen molar-refractivity contribution >= 4 is 16.4 Å². The number of aromatic hydroxyl groups is 1. The first-order chi connectivity index (χ1) is 8.51. The van der Waals surface area contributed by atoms with Gasteiger partial charge in [0.1, 0.15) is 5.54 Å². The highest BCUT2D eigenvalue weighted by atomic mass is 32.3. The molecule has 1 aromatic carbocycles. The Morgan fingerprint density at radius 3 is 2.53 bits per heavy atom. The summed E-state index contributed by atoms with van der Waals surface area (Å²) in [5, 5.41) is 18.2. The summed E-state index contributed by atoms with van der Waals surface area (Å²) in [5.74, 6) is -2.27. The molecule has 0 aromatic heterocycles. The highest BCUT2D eigenvalue weighted by molar-refractivity contribution is 7.81. The van der Waals surface area contributed by atoms with E-state index in [-0.39, 0.29) is 6.42 Å². The Morgan fingerprint density at radius 1 is 1.47 bits per heavy atom. The average molecular weight is 291 g/mol. The number of carboxylic acids is 1. The summed E-state index contributed by atoms with van der Waals surface area (Å²) in [5.41, 5.74) is 4.30. The summed E-state index contributed by atoms with van der Waals surface area (Å²) in [6, 6.07) is 3.55. The molecule has 0 radical (unpaired) electrons. The Hall–Kier alpha value is -1.84. The van der Waals surface area contributed by atoms with Gasteiger partial charge in [0.15, 0.2) is 11.5 Å². The van der Waals surface area contributed by atoms with Gasteiger partial charge in [-0.3, -0.25) is 9.35 Å². The molecule has 0 amide bonds. The van der Waals surface area contributed by atoms with Crippen LogP contribution in [0.4, 0.5) is 0 Å². The lowest BCUT2D eigenvalue weighted by Gasteiger charge is -2.19. The van der Waals surface area contributed by atoms with Crippen LogP contribution >= 0.6 is 0 Å². The average Bonchev–Trinajstić information content (AvgIpc) is 2.20. The number of hydrogen-bond acceptors (Lipinski definition) is 6. The molecule has 106 valence electrons. The van der Waals surface area contributed by atoms with Crippen molar-refractivity contribution in [3.63, 3.8) is 0 Å². The van der Waals surface area contributed by atoms with Crippen LogP contribution in [0.1, 0.15) is 12.5 Å². The molecule has 0 heterocycles. The molecule has 0 saturated carbocycles. The third-order valence-corrected chi connectivity index (χ3v) is 2.67. The van der Waals surface area contributed by atoms with Gasteiger partial charge in [-0.25, -0.2) is 0 Å². The zero-order valence-electron chi connectivity index (χ0n) is 9.90. The molecule has 5 N–H and O–H groups in total. The van der Waals surface area contributed by atoms with Gasteiger partial charge in [-0.2, -0.15) is 8.42 Å². The Balaban J connectivity index is 3.06. The molecule has 1 rings (SSSR count). The van der Waals surface area contributed by atoms with Gasteiger partial charge in [-0.1, -0.05) is 6.07 Å². The topological polar surface area (TPSA) is 147 Å². The molecule has 0 aliphatic carbocycles. The molecule has 0 bridgehead atoms. The van der Waals surface area contributed by atoms with Crippen molar-refractivity contribution in [2.75, 3.05) is 0 Å². The van der Waals surface area contributed by atoms with E-state index in [4.69, 9.17) is 15.4 Å². The Bertz CT molecular complexity index is 594. The van der Waals surface area contributed by atoms with Crippen molar-refractivity contribution in [2.24, 2.45) is 5.73 Å². The number of phenolic OH excluding ortho intramolecular Hbond substituents is 1. The third kappa shape index (κ3) is 4.39. The van der Waals surface area contributed by atoms with Gasteiger partial charge in [0.25, 0.3) is 0 Å². The van der Waals surface area contributed by atoms with Crippen LogP contribution in [0.5, 0.6) is 11.5 Å². The Labute approximate surface area is 109 Å². The summed E-state index contributed by atoms with van der Waals surface area (Å²) in [7, 11) is -4.78. The van der Waals surface area contributed by atoms with E-state index in [1.807, 2.05) is 0 Å². The number of aliphatic carboxylic acids is 1. The van der Waals surface area contributed by atoms with Crippen molar-refractivity contribution in [1.82, 2.24) is 0 Å². The highest BCUT2D eigenvalue weighted by Crippen LogP contribution is 2.29. The molecule has 1 unspecified atom stereocenters. The van der Waals surface area contributed by atoms with Crippen LogP contribution in [0, 0.1) is 0 Å². The molecule has 0 aliphatic heterocycles. The third-order valence-electron chi connectivity index (χ3n) is 2.28. The monoisotopic (exact) mass is 291 g/mol. The normalized spacial score (nSPS) is 14.7. The molecular weight excluding hydrogens is 278 g/mol. The van der Waals surface area contributed by atoms with Crippen LogP contribution in [-0.4, -0.2) is 34.7 Å². The van der Waals surface area contributed by atoms with Crippen molar-refractivity contribution in [3.05, 3.63) is 23.8 Å². The molecule has 8 nitrogen and oxygen atoms in total. The first-order valence-corrected chi connectivity index (χ1v) is 6.39. The number of hydrogen-bond donors (Lipinski definition) is 4. The summed E-state index contributed by atoms with van der Waals surface area (Å²) in [6.45, 7) is 1.28. The van der Waals surface area contributed by atoms with Crippen molar-refractivity contribution in [1.29, 1.82) is 0 Å². The van der Waals surface area contributed by atoms with E-state index < -0.39 is 33.4 Å². The molecular formula is C10H13NO7S. The maximum Gasteiger partial charge on any atom is 0.446 e. The molecule has 0 spiro atoms. The van der Waals surface area contributed by atoms with E-state index >= 15 is 0 Å². The number of carbonyl (C=O) groups is 1. The van der Waals surface area contributed by atoms with Crippen molar-refractivity contribution < 1.29 is 32.2 Å². The number of rotatable bonds is 5. The molecule has 1 atom stereocenters. The van der Waals surface area contributed by atoms with Crippen molar-refractivity contribution in [2.45, 2.75) is 18.9 Å². The molecule has 19 heavy (non-hydrogen) atoms. The van der Waals surface area contributed by atoms with Gasteiger partial charge in [-0.05, 0) is 24.6 Å². The lowest BCUT2D eigenvalue weighted by molar-refractivity contribution is -0.142. The summed E-state index contributed by atoms with van der Waals surface area (Å²) in [6.07, 6.45) is -0.121. The summed E-state index contributed by atoms with van der Waals surface area (Å²) >= 11 is 0. The minimum Gasteiger partial charge on any atom is -0.504 e. The maximum absolute atomic E-state index is 10.9. The van der Waals surface area contributed by atoms with E-state index in [9.17, 15) is 18.3 Å². The predicted molar refractivity (Wildman–Crippen MR) is 64.2 cm³/mol. The van der Waals surface area contributed by atoms with Gasteiger partial charge in [0.2, 0.25) is 0 Å². The molecule has 0 fully saturated rings. The molecule has 9 heteroatoms. The quantitative estimate of drug-likeness (QED) is 0.550. The predicted octanol–water partition coefficient (Wildman–Crippen LogP) is -0.0817. The van der Waals surface area contributed by atoms with Gasteiger partial charge < -0.3 is 20.1 Å². The zero-order chi connectivity index (χ0) is 14.8. The maximum atomic E-state index is 10.9. The van der Waals surface area contributed by atoms with Crippen LogP contribution in [0.3, 0.4) is 0 Å². The SMILES string of the molecule is CC(N)(Cc1ccc(O)c(OS(=O)(=O)O)c1)C(=O)O. The highest BCUT2D eigenvalue weighted by Gasteiger charge is 2.28. The lowest BCUT2D eigenvalue weighted by Crippen LogP contribution is -2.46. The summed E-state index contributed by atoms with van der Waals surface area (Å²) < 4.78 is 33.8. The van der Waals surface area contributed by atoms with Gasteiger partial charge in [0.05, 0.1) is 0 Å². The van der Waals surface area contributed by atoms with Gasteiger partial charge >= 0.3 is 16.4 Å². The second-order valence-corrected chi connectivity index (χ2v) is 5.23. The number of phenols is 1. The van der Waals surface area contributed by atoms with Crippen LogP contribution in [0.15, 0.2) is 18.2 Å². The Morgan fingerprint density at radius 2 is 2.05 bits per heavy atom. The molecule has 0 saturated heterocycles. The van der Waals surface area contributed by atoms with Crippen LogP contribution in [-0.2, 0) is 21.6 Å². The van der Waals surface area contributed by atoms with Crippen molar-refractivity contribution in [3.8, 4) is 11.5 Å². The van der Waals surface area contributed by atoms with Gasteiger partial charge in [0, 0.05) is 6.42 Å².